The quantitative estimate of drug-likeness (QED) is 0.142. The molecule has 0 atom stereocenters. The highest BCUT2D eigenvalue weighted by Crippen LogP contribution is 2.25. The summed E-state index contributed by atoms with van der Waals surface area (Å²) in [7, 11) is 0. The maximum absolute atomic E-state index is 5.12. The van der Waals surface area contributed by atoms with Crippen molar-refractivity contribution in [2.24, 2.45) is 10.2 Å². The first-order valence-corrected chi connectivity index (χ1v) is 15.2. The van der Waals surface area contributed by atoms with Crippen LogP contribution < -0.4 is 0 Å². The van der Waals surface area contributed by atoms with E-state index in [1.807, 2.05) is 44.2 Å². The van der Waals surface area contributed by atoms with Crippen LogP contribution in [0.15, 0.2) is 113 Å². The Morgan fingerprint density at radius 1 is 0.548 bits per heavy atom. The van der Waals surface area contributed by atoms with Crippen LogP contribution in [0.2, 0.25) is 0 Å². The average Bonchev–Trinajstić information content (AvgIpc) is 3.63. The number of pyridine rings is 1. The van der Waals surface area contributed by atoms with Crippen molar-refractivity contribution in [3.63, 3.8) is 0 Å². The van der Waals surface area contributed by atoms with Crippen molar-refractivity contribution in [3.8, 4) is 22.5 Å². The largest absolute Gasteiger partial charge is 0.245 e. The molecule has 5 rings (SSSR count). The molecule has 0 radical (unpaired) electrons. The van der Waals surface area contributed by atoms with Gasteiger partial charge in [0.05, 0.1) is 34.2 Å². The number of nitrogens with zero attached hydrogens (tertiary/aromatic N) is 5. The molecule has 0 saturated carbocycles. The van der Waals surface area contributed by atoms with Crippen molar-refractivity contribution >= 4 is 11.4 Å². The fourth-order valence-corrected chi connectivity index (χ4v) is 5.17. The first-order valence-electron chi connectivity index (χ1n) is 15.2. The van der Waals surface area contributed by atoms with Crippen LogP contribution in [0.1, 0.15) is 76.2 Å². The molecule has 5 heteroatoms. The highest BCUT2D eigenvalue weighted by Gasteiger charge is 2.13. The molecule has 0 saturated heterocycles. The van der Waals surface area contributed by atoms with Crippen LogP contribution in [-0.2, 0) is 12.8 Å². The zero-order valence-electron chi connectivity index (χ0n) is 25.3. The van der Waals surface area contributed by atoms with E-state index in [-0.39, 0.29) is 0 Å². The van der Waals surface area contributed by atoms with Gasteiger partial charge in [-0.2, -0.15) is 10.2 Å². The predicted octanol–water partition coefficient (Wildman–Crippen LogP) is 9.25. The summed E-state index contributed by atoms with van der Waals surface area (Å²) in [4.78, 5) is 5.03. The molecule has 42 heavy (non-hydrogen) atoms. The summed E-state index contributed by atoms with van der Waals surface area (Å²) in [5, 5.41) is 10.2. The predicted molar refractivity (Wildman–Crippen MR) is 176 cm³/mol. The summed E-state index contributed by atoms with van der Waals surface area (Å²) >= 11 is 0. The number of hydrogen-bond donors (Lipinski definition) is 0. The van der Waals surface area contributed by atoms with Crippen molar-refractivity contribution in [1.82, 2.24) is 14.3 Å². The van der Waals surface area contributed by atoms with Gasteiger partial charge < -0.3 is 0 Å². The van der Waals surface area contributed by atoms with E-state index in [4.69, 9.17) is 15.2 Å². The Kier molecular flexibility index (Phi) is 9.60. The topological polar surface area (TPSA) is 47.5 Å². The minimum absolute atomic E-state index is 0.846. The van der Waals surface area contributed by atoms with Gasteiger partial charge in [0, 0.05) is 22.5 Å². The number of rotatable bonds is 12. The molecule has 0 spiro atoms. The Balaban J connectivity index is 1.51. The van der Waals surface area contributed by atoms with E-state index < -0.39 is 0 Å². The zero-order valence-corrected chi connectivity index (χ0v) is 25.3. The van der Waals surface area contributed by atoms with Crippen LogP contribution in [0.5, 0.6) is 0 Å². The Morgan fingerprint density at radius 3 is 1.38 bits per heavy atom. The molecule has 0 aliphatic heterocycles. The standard InChI is InChI=1S/C37H41N5/c1-5-7-20-32-24-26-36(30-16-11-9-12-17-30)41(32)39-28(3)34-22-15-23-35(38-34)29(4)40-42-33(21-8-6-2)25-27-37(42)31-18-13-10-14-19-31/h9-19,22-27H,5-8,20-21H2,1-4H3/b39-28+,40-29+. The van der Waals surface area contributed by atoms with E-state index in [1.54, 1.807) is 0 Å². The highest BCUT2D eigenvalue weighted by atomic mass is 15.4. The number of aryl methyl sites for hydroxylation is 2. The van der Waals surface area contributed by atoms with Crippen LogP contribution in [-0.4, -0.2) is 25.8 Å². The molecule has 0 aliphatic carbocycles. The van der Waals surface area contributed by atoms with E-state index in [0.29, 0.717) is 0 Å². The third-order valence-electron chi connectivity index (χ3n) is 7.57. The van der Waals surface area contributed by atoms with Crippen LogP contribution in [0.4, 0.5) is 0 Å². The number of unbranched alkanes of at least 4 members (excludes halogenated alkanes) is 2. The maximum atomic E-state index is 5.12. The Morgan fingerprint density at radius 2 is 0.976 bits per heavy atom. The van der Waals surface area contributed by atoms with Crippen LogP contribution in [0.25, 0.3) is 22.5 Å². The van der Waals surface area contributed by atoms with Gasteiger partial charge in [0.1, 0.15) is 0 Å². The highest BCUT2D eigenvalue weighted by molar-refractivity contribution is 6.00. The lowest BCUT2D eigenvalue weighted by Gasteiger charge is -2.12. The lowest BCUT2D eigenvalue weighted by Crippen LogP contribution is -2.10. The second kappa shape index (κ2) is 13.9. The molecule has 3 heterocycles. The first-order chi connectivity index (χ1) is 20.6. The fraction of sp³-hybridized carbons (Fsp3) is 0.270. The van der Waals surface area contributed by atoms with Crippen LogP contribution in [0.3, 0.4) is 0 Å². The maximum Gasteiger partial charge on any atom is 0.0867 e. The minimum Gasteiger partial charge on any atom is -0.245 e. The summed E-state index contributed by atoms with van der Waals surface area (Å²) < 4.78 is 4.20. The monoisotopic (exact) mass is 555 g/mol. The molecular weight excluding hydrogens is 514 g/mol. The molecule has 5 nitrogen and oxygen atoms in total. The molecule has 0 fully saturated rings. The van der Waals surface area contributed by atoms with Gasteiger partial charge in [0.2, 0.25) is 0 Å². The average molecular weight is 556 g/mol. The third kappa shape index (κ3) is 6.68. The number of aromatic nitrogens is 3. The molecule has 0 aliphatic rings. The summed E-state index contributed by atoms with van der Waals surface area (Å²) in [5.74, 6) is 0. The molecule has 5 aromatic rings. The molecule has 0 N–H and O–H groups in total. The lowest BCUT2D eigenvalue weighted by molar-refractivity contribution is 0.726. The molecule has 0 bridgehead atoms. The minimum atomic E-state index is 0.846. The van der Waals surface area contributed by atoms with Crippen molar-refractivity contribution in [2.45, 2.75) is 66.2 Å². The van der Waals surface area contributed by atoms with Crippen LogP contribution in [0, 0.1) is 0 Å². The van der Waals surface area contributed by atoms with E-state index in [2.05, 4.69) is 96.0 Å². The zero-order chi connectivity index (χ0) is 29.3. The fourth-order valence-electron chi connectivity index (χ4n) is 5.17. The SMILES string of the molecule is CCCCc1ccc(-c2ccccc2)n1/N=C(\C)c1cccc(/C(C)=N/n2c(CCCC)ccc2-c2ccccc2)n1. The van der Waals surface area contributed by atoms with Gasteiger partial charge in [0.25, 0.3) is 0 Å². The van der Waals surface area contributed by atoms with Crippen molar-refractivity contribution in [2.75, 3.05) is 0 Å². The third-order valence-corrected chi connectivity index (χ3v) is 7.57. The van der Waals surface area contributed by atoms with E-state index in [0.717, 1.165) is 83.9 Å². The van der Waals surface area contributed by atoms with Gasteiger partial charge in [-0.15, -0.1) is 0 Å². The van der Waals surface area contributed by atoms with Gasteiger partial charge in [-0.1, -0.05) is 93.4 Å². The van der Waals surface area contributed by atoms with Gasteiger partial charge in [-0.05, 0) is 75.9 Å². The number of hydrogen-bond acceptors (Lipinski definition) is 3. The van der Waals surface area contributed by atoms with Gasteiger partial charge in [-0.25, -0.2) is 14.3 Å². The summed E-state index contributed by atoms with van der Waals surface area (Å²) in [6.45, 7) is 8.53. The second-order valence-corrected chi connectivity index (χ2v) is 10.8. The van der Waals surface area contributed by atoms with Crippen molar-refractivity contribution < 1.29 is 0 Å². The molecule has 0 unspecified atom stereocenters. The van der Waals surface area contributed by atoms with E-state index >= 15 is 0 Å². The molecular formula is C37H41N5. The summed E-state index contributed by atoms with van der Waals surface area (Å²) in [6.07, 6.45) is 6.51. The Bertz CT molecular complexity index is 1530. The number of benzene rings is 2. The summed E-state index contributed by atoms with van der Waals surface area (Å²) in [5.41, 5.74) is 10.3. The van der Waals surface area contributed by atoms with Gasteiger partial charge in [0.15, 0.2) is 0 Å². The molecule has 3 aromatic heterocycles. The molecule has 0 amide bonds. The van der Waals surface area contributed by atoms with E-state index in [1.165, 1.54) is 11.4 Å². The lowest BCUT2D eigenvalue weighted by atomic mass is 10.2. The smallest absolute Gasteiger partial charge is 0.0867 e. The van der Waals surface area contributed by atoms with Crippen LogP contribution >= 0.6 is 0 Å². The first kappa shape index (κ1) is 29.0. The Labute approximate surface area is 250 Å². The molecule has 2 aromatic carbocycles. The van der Waals surface area contributed by atoms with Crippen molar-refractivity contribution in [3.05, 3.63) is 126 Å². The summed E-state index contributed by atoms with van der Waals surface area (Å²) in [6, 6.07) is 35.8. The normalized spacial score (nSPS) is 12.2. The van der Waals surface area contributed by atoms with Gasteiger partial charge in [-0.3, -0.25) is 0 Å². The van der Waals surface area contributed by atoms with Gasteiger partial charge >= 0.3 is 0 Å². The Hall–Kier alpha value is -4.51. The van der Waals surface area contributed by atoms with E-state index in [9.17, 15) is 0 Å². The van der Waals surface area contributed by atoms with Crippen molar-refractivity contribution in [1.29, 1.82) is 0 Å². The second-order valence-electron chi connectivity index (χ2n) is 10.8. The molecule has 214 valence electrons.